The van der Waals surface area contributed by atoms with Crippen LogP contribution in [0.15, 0.2) is 30.3 Å². The van der Waals surface area contributed by atoms with E-state index in [-0.39, 0.29) is 23.2 Å². The van der Waals surface area contributed by atoms with Gasteiger partial charge in [-0.3, -0.25) is 19.2 Å². The number of carbonyl (C=O) groups is 5. The molecule has 4 amide bonds. The fraction of sp³-hybridized carbons (Fsp3) is 0.703. The van der Waals surface area contributed by atoms with Gasteiger partial charge in [-0.25, -0.2) is 4.79 Å². The number of alkyl carbamates (subject to hydrolysis) is 1. The van der Waals surface area contributed by atoms with Gasteiger partial charge in [-0.1, -0.05) is 91.1 Å². The molecule has 1 heterocycles. The van der Waals surface area contributed by atoms with Crippen LogP contribution in [0.3, 0.4) is 0 Å². The van der Waals surface area contributed by atoms with Crippen molar-refractivity contribution >= 4 is 29.6 Å². The van der Waals surface area contributed by atoms with Crippen molar-refractivity contribution in [2.45, 2.75) is 131 Å². The molecule has 262 valence electrons. The van der Waals surface area contributed by atoms with E-state index in [0.29, 0.717) is 25.9 Å². The van der Waals surface area contributed by atoms with Crippen molar-refractivity contribution in [3.8, 4) is 0 Å². The van der Waals surface area contributed by atoms with E-state index in [1.54, 1.807) is 25.7 Å². The van der Waals surface area contributed by atoms with E-state index in [2.05, 4.69) is 41.9 Å². The molecule has 3 rings (SSSR count). The smallest absolute Gasteiger partial charge is 0.408 e. The van der Waals surface area contributed by atoms with Gasteiger partial charge >= 0.3 is 6.09 Å². The lowest BCUT2D eigenvalue weighted by Crippen LogP contribution is -2.60. The fourth-order valence-electron chi connectivity index (χ4n) is 6.77. The fourth-order valence-corrected chi connectivity index (χ4v) is 6.77. The molecule has 5 atom stereocenters. The molecule has 2 fully saturated rings. The van der Waals surface area contributed by atoms with Crippen LogP contribution in [0, 0.1) is 22.7 Å². The number of piperidine rings is 1. The number of nitrogens with zero attached hydrogens (tertiary/aromatic N) is 1. The first kappa shape index (κ1) is 38.0. The van der Waals surface area contributed by atoms with Crippen LogP contribution < -0.4 is 16.0 Å². The number of aryl methyl sites for hydroxylation is 1. The molecule has 0 bridgehead atoms. The molecule has 0 aromatic heterocycles. The normalized spacial score (nSPS) is 21.2. The molecular weight excluding hydrogens is 596 g/mol. The first-order valence-electron chi connectivity index (χ1n) is 17.3. The Kier molecular flexibility index (Phi) is 12.7. The molecule has 47 heavy (non-hydrogen) atoms. The van der Waals surface area contributed by atoms with Crippen LogP contribution in [-0.2, 0) is 30.3 Å². The average Bonchev–Trinajstić information content (AvgIpc) is 3.29. The summed E-state index contributed by atoms with van der Waals surface area (Å²) in [5.74, 6) is -2.18. The Morgan fingerprint density at radius 2 is 1.57 bits per heavy atom. The summed E-state index contributed by atoms with van der Waals surface area (Å²) in [5.41, 5.74) is -0.254. The topological polar surface area (TPSA) is 134 Å². The summed E-state index contributed by atoms with van der Waals surface area (Å²) in [5, 5.41) is 8.33. The van der Waals surface area contributed by atoms with Gasteiger partial charge in [0.25, 0.3) is 5.91 Å². The number of likely N-dealkylation sites (tertiary alicyclic amines) is 1. The molecule has 2 aliphatic rings. The third-order valence-electron chi connectivity index (χ3n) is 9.49. The van der Waals surface area contributed by atoms with Gasteiger partial charge in [-0.2, -0.15) is 0 Å². The van der Waals surface area contributed by atoms with Gasteiger partial charge < -0.3 is 25.6 Å². The minimum Gasteiger partial charge on any atom is -0.444 e. The van der Waals surface area contributed by atoms with Crippen LogP contribution >= 0.6 is 0 Å². The Balaban J connectivity index is 1.61. The molecule has 0 radical (unpaired) electrons. The van der Waals surface area contributed by atoms with Crippen LogP contribution in [-0.4, -0.2) is 71.3 Å². The van der Waals surface area contributed by atoms with Gasteiger partial charge in [0.2, 0.25) is 17.6 Å². The summed E-state index contributed by atoms with van der Waals surface area (Å²) < 4.78 is 5.44. The number of amides is 4. The molecule has 1 aromatic carbocycles. The zero-order chi connectivity index (χ0) is 35.2. The number of ether oxygens (including phenoxy) is 1. The number of hydrogen-bond donors (Lipinski definition) is 3. The zero-order valence-electron chi connectivity index (χ0n) is 30.0. The summed E-state index contributed by atoms with van der Waals surface area (Å²) in [7, 11) is 0. The van der Waals surface area contributed by atoms with E-state index in [9.17, 15) is 24.0 Å². The Hall–Kier alpha value is -3.43. The zero-order valence-corrected chi connectivity index (χ0v) is 30.0. The van der Waals surface area contributed by atoms with E-state index in [1.165, 1.54) is 5.56 Å². The van der Waals surface area contributed by atoms with Gasteiger partial charge in [0.1, 0.15) is 17.7 Å². The minimum absolute atomic E-state index is 0.0957. The number of nitrogens with one attached hydrogen (secondary N) is 3. The van der Waals surface area contributed by atoms with Crippen LogP contribution in [0.25, 0.3) is 0 Å². The third kappa shape index (κ3) is 10.3. The summed E-state index contributed by atoms with van der Waals surface area (Å²) in [6, 6.07) is 7.58. The lowest BCUT2D eigenvalue weighted by molar-refractivity contribution is -0.145. The van der Waals surface area contributed by atoms with E-state index in [4.69, 9.17) is 4.74 Å². The molecule has 1 aromatic rings. The first-order valence-corrected chi connectivity index (χ1v) is 17.3. The van der Waals surface area contributed by atoms with E-state index in [1.807, 2.05) is 45.9 Å². The van der Waals surface area contributed by atoms with Crippen molar-refractivity contribution in [3.05, 3.63) is 35.9 Å². The summed E-state index contributed by atoms with van der Waals surface area (Å²) in [6.07, 6.45) is 5.01. The summed E-state index contributed by atoms with van der Waals surface area (Å²) in [6.45, 7) is 17.6. The molecule has 1 saturated heterocycles. The second-order valence-electron chi connectivity index (χ2n) is 16.0. The van der Waals surface area contributed by atoms with Crippen LogP contribution in [0.4, 0.5) is 4.79 Å². The van der Waals surface area contributed by atoms with Crippen molar-refractivity contribution in [1.82, 2.24) is 20.9 Å². The lowest BCUT2D eigenvalue weighted by Gasteiger charge is -2.38. The van der Waals surface area contributed by atoms with Gasteiger partial charge in [-0.15, -0.1) is 0 Å². The van der Waals surface area contributed by atoms with Crippen molar-refractivity contribution in [1.29, 1.82) is 0 Å². The summed E-state index contributed by atoms with van der Waals surface area (Å²) >= 11 is 0. The quantitative estimate of drug-likeness (QED) is 0.176. The highest BCUT2D eigenvalue weighted by Crippen LogP contribution is 2.65. The maximum atomic E-state index is 14.1. The standard InChI is InChI=1S/C37H58N4O6/c1-10-18-26(29(42)32(44)38-22-17-12-11-14-19-24-20-15-13-16-21-24)39-31(43)28-27-25(37(27,8)9)23-41(28)33(45)30(35(2,3)4)40-34(46)47-36(5,6)7/h13,15-16,20-21,25-28,30H,10-12,14,17-19,22-23H2,1-9H3,(H,38,44)(H,39,43)(H,40,46)/t25?,26?,27?,28?,30-/m1/s1. The minimum atomic E-state index is -0.991. The van der Waals surface area contributed by atoms with E-state index < -0.39 is 52.8 Å². The lowest BCUT2D eigenvalue weighted by atomic mass is 9.85. The molecule has 1 aliphatic carbocycles. The number of hydrogen-bond acceptors (Lipinski definition) is 6. The maximum absolute atomic E-state index is 14.1. The number of ketones is 1. The molecule has 3 N–H and O–H groups in total. The average molecular weight is 655 g/mol. The molecule has 10 heteroatoms. The SMILES string of the molecule is CCCC(NC(=O)C1C2C(CN1C(=O)[C@@H](NC(=O)OC(C)(C)C)C(C)(C)C)C2(C)C)C(=O)C(=O)NCCCCCCc1ccccc1. The number of carbonyl (C=O) groups excluding carboxylic acids is 5. The van der Waals surface area contributed by atoms with Gasteiger partial charge in [-0.05, 0) is 74.7 Å². The van der Waals surface area contributed by atoms with Crippen molar-refractivity contribution < 1.29 is 28.7 Å². The Bertz CT molecular complexity index is 1270. The first-order chi connectivity index (χ1) is 21.9. The largest absolute Gasteiger partial charge is 0.444 e. The Labute approximate surface area is 281 Å². The molecule has 1 aliphatic heterocycles. The van der Waals surface area contributed by atoms with Gasteiger partial charge in [0.05, 0.1) is 6.04 Å². The van der Waals surface area contributed by atoms with Crippen molar-refractivity contribution in [2.24, 2.45) is 22.7 Å². The number of fused-ring (bicyclic) bond motifs is 1. The number of unbranched alkanes of at least 4 members (excludes halogenated alkanes) is 3. The Morgan fingerprint density at radius 3 is 2.17 bits per heavy atom. The third-order valence-corrected chi connectivity index (χ3v) is 9.49. The highest BCUT2D eigenvalue weighted by atomic mass is 16.6. The molecule has 10 nitrogen and oxygen atoms in total. The predicted octanol–water partition coefficient (Wildman–Crippen LogP) is 5.18. The monoisotopic (exact) mass is 654 g/mol. The molecule has 4 unspecified atom stereocenters. The Morgan fingerprint density at radius 1 is 0.936 bits per heavy atom. The maximum Gasteiger partial charge on any atom is 0.408 e. The van der Waals surface area contributed by atoms with E-state index in [0.717, 1.165) is 32.1 Å². The van der Waals surface area contributed by atoms with Gasteiger partial charge in [0.15, 0.2) is 0 Å². The number of Topliss-reactive ketones (excluding diaryl/α,β-unsaturated/α-hetero) is 1. The van der Waals surface area contributed by atoms with Crippen molar-refractivity contribution in [2.75, 3.05) is 13.1 Å². The molecule has 0 spiro atoms. The predicted molar refractivity (Wildman–Crippen MR) is 182 cm³/mol. The molecule has 1 saturated carbocycles. The molecular formula is C37H58N4O6. The summed E-state index contributed by atoms with van der Waals surface area (Å²) in [4.78, 5) is 68.4. The van der Waals surface area contributed by atoms with E-state index >= 15 is 0 Å². The van der Waals surface area contributed by atoms with Crippen LogP contribution in [0.1, 0.15) is 106 Å². The number of benzene rings is 1. The van der Waals surface area contributed by atoms with Crippen LogP contribution in [0.5, 0.6) is 0 Å². The van der Waals surface area contributed by atoms with Crippen LogP contribution in [0.2, 0.25) is 0 Å². The van der Waals surface area contributed by atoms with Crippen molar-refractivity contribution in [3.63, 3.8) is 0 Å². The van der Waals surface area contributed by atoms with Gasteiger partial charge in [0, 0.05) is 13.1 Å². The highest BCUT2D eigenvalue weighted by molar-refractivity contribution is 6.38. The number of rotatable bonds is 15. The highest BCUT2D eigenvalue weighted by Gasteiger charge is 2.70. The second kappa shape index (κ2) is 15.6. The second-order valence-corrected chi connectivity index (χ2v) is 16.0.